The summed E-state index contributed by atoms with van der Waals surface area (Å²) in [7, 11) is 0. The van der Waals surface area contributed by atoms with Crippen molar-refractivity contribution in [1.82, 2.24) is 14.9 Å². The third-order valence-electron chi connectivity index (χ3n) is 4.40. The lowest BCUT2D eigenvalue weighted by Gasteiger charge is -2.31. The van der Waals surface area contributed by atoms with Crippen LogP contribution in [-0.2, 0) is 12.7 Å². The summed E-state index contributed by atoms with van der Waals surface area (Å²) >= 11 is 0. The first-order valence-electron chi connectivity index (χ1n) is 8.28. The minimum atomic E-state index is -4.28. The molecule has 7 heteroatoms. The van der Waals surface area contributed by atoms with E-state index in [0.29, 0.717) is 24.9 Å². The van der Waals surface area contributed by atoms with Crippen LogP contribution in [0.3, 0.4) is 0 Å². The lowest BCUT2D eigenvalue weighted by molar-refractivity contribution is -0.137. The SMILES string of the molecule is FC(F)(F)c1ccc(CN2CCC(COc3cnccn3)CC2)cc1. The number of rotatable bonds is 5. The molecule has 4 nitrogen and oxygen atoms in total. The summed E-state index contributed by atoms with van der Waals surface area (Å²) in [6.07, 6.45) is 2.52. The monoisotopic (exact) mass is 351 g/mol. The van der Waals surface area contributed by atoms with Crippen molar-refractivity contribution in [2.75, 3.05) is 19.7 Å². The van der Waals surface area contributed by atoms with Gasteiger partial charge >= 0.3 is 6.18 Å². The molecule has 0 N–H and O–H groups in total. The molecular formula is C18H20F3N3O. The van der Waals surface area contributed by atoms with Crippen LogP contribution in [0.5, 0.6) is 5.88 Å². The zero-order chi connectivity index (χ0) is 17.7. The highest BCUT2D eigenvalue weighted by atomic mass is 19.4. The average Bonchev–Trinajstić information content (AvgIpc) is 2.62. The molecule has 2 aromatic rings. The zero-order valence-electron chi connectivity index (χ0n) is 13.7. The van der Waals surface area contributed by atoms with Crippen LogP contribution in [0.15, 0.2) is 42.9 Å². The van der Waals surface area contributed by atoms with E-state index in [1.165, 1.54) is 0 Å². The van der Waals surface area contributed by atoms with Crippen LogP contribution in [0.25, 0.3) is 0 Å². The van der Waals surface area contributed by atoms with Gasteiger partial charge in [-0.15, -0.1) is 0 Å². The topological polar surface area (TPSA) is 38.2 Å². The van der Waals surface area contributed by atoms with E-state index in [0.717, 1.165) is 43.6 Å². The fourth-order valence-corrected chi connectivity index (χ4v) is 2.93. The minimum absolute atomic E-state index is 0.464. The smallest absolute Gasteiger partial charge is 0.416 e. The van der Waals surface area contributed by atoms with Crippen molar-refractivity contribution in [2.45, 2.75) is 25.6 Å². The summed E-state index contributed by atoms with van der Waals surface area (Å²) in [4.78, 5) is 10.3. The van der Waals surface area contributed by atoms with Crippen LogP contribution in [-0.4, -0.2) is 34.6 Å². The molecule has 0 spiro atoms. The highest BCUT2D eigenvalue weighted by molar-refractivity contribution is 5.24. The molecule has 0 amide bonds. The zero-order valence-corrected chi connectivity index (χ0v) is 13.7. The Balaban J connectivity index is 1.43. The van der Waals surface area contributed by atoms with Crippen LogP contribution in [0, 0.1) is 5.92 Å². The Kier molecular flexibility index (Phi) is 5.53. The number of likely N-dealkylation sites (tertiary alicyclic amines) is 1. The Morgan fingerprint density at radius 3 is 2.40 bits per heavy atom. The number of halogens is 3. The summed E-state index contributed by atoms with van der Waals surface area (Å²) in [6.45, 7) is 3.12. The fourth-order valence-electron chi connectivity index (χ4n) is 2.93. The number of aromatic nitrogens is 2. The number of piperidine rings is 1. The van der Waals surface area contributed by atoms with Gasteiger partial charge in [0, 0.05) is 18.9 Å². The summed E-state index contributed by atoms with van der Waals surface area (Å²) in [6, 6.07) is 5.42. The molecule has 0 saturated carbocycles. The Bertz CT molecular complexity index is 654. The second-order valence-corrected chi connectivity index (χ2v) is 6.27. The van der Waals surface area contributed by atoms with Gasteiger partial charge in [0.15, 0.2) is 0 Å². The quantitative estimate of drug-likeness (QED) is 0.822. The summed E-state index contributed by atoms with van der Waals surface area (Å²) in [5.41, 5.74) is 0.304. The van der Waals surface area contributed by atoms with E-state index in [4.69, 9.17) is 4.74 Å². The standard InChI is InChI=1S/C18H20F3N3O/c19-18(20,21)16-3-1-14(2-4-16)12-24-9-5-15(6-10-24)13-25-17-11-22-7-8-23-17/h1-4,7-8,11,15H,5-6,9-10,12-13H2. The molecular weight excluding hydrogens is 331 g/mol. The van der Waals surface area contributed by atoms with Crippen LogP contribution in [0.1, 0.15) is 24.0 Å². The van der Waals surface area contributed by atoms with Gasteiger partial charge in [0.2, 0.25) is 5.88 Å². The van der Waals surface area contributed by atoms with Gasteiger partial charge in [-0.1, -0.05) is 12.1 Å². The van der Waals surface area contributed by atoms with Crippen molar-refractivity contribution in [1.29, 1.82) is 0 Å². The van der Waals surface area contributed by atoms with Crippen LogP contribution in [0.2, 0.25) is 0 Å². The molecule has 1 aromatic heterocycles. The molecule has 0 atom stereocenters. The van der Waals surface area contributed by atoms with Gasteiger partial charge < -0.3 is 4.74 Å². The summed E-state index contributed by atoms with van der Waals surface area (Å²) in [5.74, 6) is 1.00. The van der Waals surface area contributed by atoms with Crippen molar-refractivity contribution in [3.05, 3.63) is 54.0 Å². The third kappa shape index (κ3) is 5.16. The molecule has 3 rings (SSSR count). The van der Waals surface area contributed by atoms with E-state index >= 15 is 0 Å². The van der Waals surface area contributed by atoms with E-state index in [9.17, 15) is 13.2 Å². The van der Waals surface area contributed by atoms with Gasteiger partial charge in [0.05, 0.1) is 18.4 Å². The molecule has 1 fully saturated rings. The van der Waals surface area contributed by atoms with Gasteiger partial charge in [-0.05, 0) is 49.5 Å². The van der Waals surface area contributed by atoms with E-state index in [1.807, 2.05) is 0 Å². The van der Waals surface area contributed by atoms with Gasteiger partial charge in [-0.3, -0.25) is 9.88 Å². The van der Waals surface area contributed by atoms with E-state index in [-0.39, 0.29) is 0 Å². The molecule has 134 valence electrons. The highest BCUT2D eigenvalue weighted by Crippen LogP contribution is 2.29. The maximum Gasteiger partial charge on any atom is 0.416 e. The van der Waals surface area contributed by atoms with E-state index < -0.39 is 11.7 Å². The Labute approximate surface area is 144 Å². The van der Waals surface area contributed by atoms with Crippen LogP contribution in [0.4, 0.5) is 13.2 Å². The average molecular weight is 351 g/mol. The van der Waals surface area contributed by atoms with Crippen molar-refractivity contribution < 1.29 is 17.9 Å². The maximum atomic E-state index is 12.6. The molecule has 1 aliphatic heterocycles. The van der Waals surface area contributed by atoms with Crippen molar-refractivity contribution in [3.8, 4) is 5.88 Å². The van der Waals surface area contributed by atoms with Gasteiger partial charge in [-0.2, -0.15) is 13.2 Å². The molecule has 1 saturated heterocycles. The first kappa shape index (κ1) is 17.7. The van der Waals surface area contributed by atoms with E-state index in [2.05, 4.69) is 14.9 Å². The molecule has 0 unspecified atom stereocenters. The van der Waals surface area contributed by atoms with Gasteiger partial charge in [0.1, 0.15) is 0 Å². The number of hydrogen-bond donors (Lipinski definition) is 0. The van der Waals surface area contributed by atoms with Crippen molar-refractivity contribution >= 4 is 0 Å². The molecule has 0 radical (unpaired) electrons. The Hall–Kier alpha value is -2.15. The van der Waals surface area contributed by atoms with Crippen molar-refractivity contribution in [3.63, 3.8) is 0 Å². The predicted molar refractivity (Wildman–Crippen MR) is 87.0 cm³/mol. The van der Waals surface area contributed by atoms with Gasteiger partial charge in [0.25, 0.3) is 0 Å². The molecule has 0 bridgehead atoms. The third-order valence-corrected chi connectivity index (χ3v) is 4.40. The summed E-state index contributed by atoms with van der Waals surface area (Å²) < 4.78 is 43.4. The van der Waals surface area contributed by atoms with Gasteiger partial charge in [-0.25, -0.2) is 4.98 Å². The second-order valence-electron chi connectivity index (χ2n) is 6.27. The normalized spacial score (nSPS) is 16.8. The largest absolute Gasteiger partial charge is 0.476 e. The number of benzene rings is 1. The minimum Gasteiger partial charge on any atom is -0.476 e. The van der Waals surface area contributed by atoms with Crippen LogP contribution < -0.4 is 4.74 Å². The van der Waals surface area contributed by atoms with E-state index in [1.54, 1.807) is 30.7 Å². The Morgan fingerprint density at radius 2 is 1.80 bits per heavy atom. The molecule has 25 heavy (non-hydrogen) atoms. The predicted octanol–water partition coefficient (Wildman–Crippen LogP) is 3.79. The van der Waals surface area contributed by atoms with Crippen molar-refractivity contribution in [2.24, 2.45) is 5.92 Å². The molecule has 1 aromatic carbocycles. The lowest BCUT2D eigenvalue weighted by Crippen LogP contribution is -2.35. The molecule has 0 aliphatic carbocycles. The first-order valence-corrected chi connectivity index (χ1v) is 8.28. The fraction of sp³-hybridized carbons (Fsp3) is 0.444. The second kappa shape index (κ2) is 7.82. The molecule has 2 heterocycles. The Morgan fingerprint density at radius 1 is 1.08 bits per heavy atom. The number of nitrogens with zero attached hydrogens (tertiary/aromatic N) is 3. The van der Waals surface area contributed by atoms with Crippen LogP contribution >= 0.6 is 0 Å². The highest BCUT2D eigenvalue weighted by Gasteiger charge is 2.30. The number of ether oxygens (including phenoxy) is 1. The molecule has 1 aliphatic rings. The summed E-state index contributed by atoms with van der Waals surface area (Å²) in [5, 5.41) is 0. The maximum absolute atomic E-state index is 12.6. The first-order chi connectivity index (χ1) is 12.0. The lowest BCUT2D eigenvalue weighted by atomic mass is 9.97. The number of hydrogen-bond acceptors (Lipinski definition) is 4. The number of alkyl halides is 3.